The van der Waals surface area contributed by atoms with Crippen LogP contribution in [0.3, 0.4) is 0 Å². The van der Waals surface area contributed by atoms with Crippen molar-refractivity contribution in [2.75, 3.05) is 0 Å². The van der Waals surface area contributed by atoms with Crippen LogP contribution in [0.25, 0.3) is 0 Å². The van der Waals surface area contributed by atoms with Crippen molar-refractivity contribution < 1.29 is 20.1 Å². The Bertz CT molecular complexity index is 756. The summed E-state index contributed by atoms with van der Waals surface area (Å²) >= 11 is 0. The first-order valence-corrected chi connectivity index (χ1v) is 13.4. The number of carboxylic acid groups (broad SMARTS) is 1. The Kier molecular flexibility index (Phi) is 18.3. The van der Waals surface area contributed by atoms with Crippen molar-refractivity contribution in [1.29, 1.82) is 0 Å². The van der Waals surface area contributed by atoms with Crippen LogP contribution >= 0.6 is 0 Å². The summed E-state index contributed by atoms with van der Waals surface area (Å²) in [6, 6.07) is 3.05. The normalized spacial score (nSPS) is 10.4. The molecule has 0 aliphatic rings. The third-order valence-corrected chi connectivity index (χ3v) is 6.05. The highest BCUT2D eigenvalue weighted by atomic mass is 16.4. The largest absolute Gasteiger partial charge is 0.494 e. The van der Waals surface area contributed by atoms with Gasteiger partial charge in [-0.05, 0) is 37.5 Å². The molecule has 0 saturated heterocycles. The quantitative estimate of drug-likeness (QED) is 0.137. The Balaban J connectivity index is 1.79. The zero-order valence-corrected chi connectivity index (χ0v) is 21.0. The van der Waals surface area contributed by atoms with Gasteiger partial charge >= 0.3 is 5.97 Å². The van der Waals surface area contributed by atoms with E-state index in [9.17, 15) is 15.0 Å². The maximum atomic E-state index is 10.4. The standard InChI is InChI=1S/C29H45NO4/c31-27-24-25-28(32)30(27)26-22-20-18-16-14-12-10-8-6-4-2-1-3-5-7-9-11-13-15-17-19-21-23-29(33)34/h24-25,31-32H,2,4,6,8-23,26H2,(H,33,34). The van der Waals surface area contributed by atoms with E-state index in [1.807, 2.05) is 0 Å². The van der Waals surface area contributed by atoms with Crippen LogP contribution in [0.2, 0.25) is 0 Å². The lowest BCUT2D eigenvalue weighted by Gasteiger charge is -2.06. The molecular weight excluding hydrogens is 426 g/mol. The lowest BCUT2D eigenvalue weighted by Crippen LogP contribution is -1.96. The summed E-state index contributed by atoms with van der Waals surface area (Å²) in [4.78, 5) is 10.4. The van der Waals surface area contributed by atoms with Crippen molar-refractivity contribution in [2.45, 2.75) is 129 Å². The molecule has 0 radical (unpaired) electrons. The van der Waals surface area contributed by atoms with Gasteiger partial charge in [-0.1, -0.05) is 88.9 Å². The van der Waals surface area contributed by atoms with E-state index in [-0.39, 0.29) is 11.8 Å². The number of carboxylic acids is 1. The van der Waals surface area contributed by atoms with Crippen molar-refractivity contribution in [2.24, 2.45) is 0 Å². The van der Waals surface area contributed by atoms with Gasteiger partial charge in [0.2, 0.25) is 0 Å². The summed E-state index contributed by atoms with van der Waals surface area (Å²) in [5, 5.41) is 27.8. The van der Waals surface area contributed by atoms with Crippen molar-refractivity contribution in [1.82, 2.24) is 4.57 Å². The van der Waals surface area contributed by atoms with Crippen LogP contribution in [-0.2, 0) is 11.3 Å². The van der Waals surface area contributed by atoms with E-state index in [0.717, 1.165) is 57.8 Å². The van der Waals surface area contributed by atoms with Gasteiger partial charge in [-0.15, -0.1) is 0 Å². The van der Waals surface area contributed by atoms with Gasteiger partial charge in [-0.2, -0.15) is 0 Å². The molecule has 1 heterocycles. The van der Waals surface area contributed by atoms with Crippen LogP contribution in [0.15, 0.2) is 12.1 Å². The van der Waals surface area contributed by atoms with Gasteiger partial charge < -0.3 is 15.3 Å². The fourth-order valence-electron chi connectivity index (χ4n) is 3.98. The van der Waals surface area contributed by atoms with E-state index in [1.54, 1.807) is 4.57 Å². The van der Waals surface area contributed by atoms with Crippen molar-refractivity contribution in [3.8, 4) is 35.4 Å². The van der Waals surface area contributed by atoms with Crippen LogP contribution in [0.1, 0.15) is 122 Å². The summed E-state index contributed by atoms with van der Waals surface area (Å²) in [6.07, 6.45) is 20.7. The minimum Gasteiger partial charge on any atom is -0.494 e. The average molecular weight is 472 g/mol. The molecule has 5 heteroatoms. The van der Waals surface area contributed by atoms with Crippen LogP contribution in [-0.4, -0.2) is 25.9 Å². The number of carbonyl (C=O) groups is 1. The molecule has 3 N–H and O–H groups in total. The topological polar surface area (TPSA) is 82.7 Å². The van der Waals surface area contributed by atoms with Gasteiger partial charge in [0.1, 0.15) is 0 Å². The van der Waals surface area contributed by atoms with Crippen LogP contribution in [0.5, 0.6) is 11.8 Å². The molecule has 0 aliphatic heterocycles. The number of aliphatic carboxylic acids is 1. The molecule has 0 unspecified atom stereocenters. The number of aromatic hydroxyl groups is 2. The third-order valence-electron chi connectivity index (χ3n) is 6.05. The second-order valence-corrected chi connectivity index (χ2v) is 9.11. The summed E-state index contributed by atoms with van der Waals surface area (Å²) in [5.41, 5.74) is 0. The van der Waals surface area contributed by atoms with Crippen LogP contribution < -0.4 is 0 Å². The number of nitrogens with zero attached hydrogens (tertiary/aromatic N) is 1. The Hall–Kier alpha value is -2.53. The van der Waals surface area contributed by atoms with E-state index in [1.165, 1.54) is 69.9 Å². The molecule has 190 valence electrons. The Morgan fingerprint density at radius 1 is 0.618 bits per heavy atom. The molecule has 34 heavy (non-hydrogen) atoms. The van der Waals surface area contributed by atoms with Gasteiger partial charge in [0.25, 0.3) is 0 Å². The maximum Gasteiger partial charge on any atom is 0.303 e. The Labute approximate surface area is 207 Å². The van der Waals surface area contributed by atoms with Crippen LogP contribution in [0, 0.1) is 23.7 Å². The summed E-state index contributed by atoms with van der Waals surface area (Å²) in [7, 11) is 0. The van der Waals surface area contributed by atoms with Gasteiger partial charge in [-0.3, -0.25) is 9.36 Å². The van der Waals surface area contributed by atoms with E-state index < -0.39 is 5.97 Å². The van der Waals surface area contributed by atoms with Crippen LogP contribution in [0.4, 0.5) is 0 Å². The van der Waals surface area contributed by atoms with E-state index in [4.69, 9.17) is 5.11 Å². The number of rotatable bonds is 20. The molecule has 5 nitrogen and oxygen atoms in total. The van der Waals surface area contributed by atoms with Crippen molar-refractivity contribution >= 4 is 5.97 Å². The monoisotopic (exact) mass is 471 g/mol. The second-order valence-electron chi connectivity index (χ2n) is 9.11. The minimum absolute atomic E-state index is 0.141. The van der Waals surface area contributed by atoms with E-state index >= 15 is 0 Å². The zero-order chi connectivity index (χ0) is 24.7. The first-order valence-electron chi connectivity index (χ1n) is 13.4. The molecular formula is C29H45NO4. The third kappa shape index (κ3) is 17.0. The summed E-state index contributed by atoms with van der Waals surface area (Å²) in [5.74, 6) is 11.8. The lowest BCUT2D eigenvalue weighted by molar-refractivity contribution is -0.137. The van der Waals surface area contributed by atoms with E-state index in [0.29, 0.717) is 13.0 Å². The molecule has 0 amide bonds. The van der Waals surface area contributed by atoms with E-state index in [2.05, 4.69) is 23.7 Å². The molecule has 0 atom stereocenters. The molecule has 0 fully saturated rings. The van der Waals surface area contributed by atoms with Gasteiger partial charge in [-0.25, -0.2) is 0 Å². The van der Waals surface area contributed by atoms with Gasteiger partial charge in [0, 0.05) is 37.9 Å². The van der Waals surface area contributed by atoms with Gasteiger partial charge in [0.05, 0.1) is 0 Å². The number of unbranched alkanes of at least 4 members (excludes halogenated alkanes) is 16. The fraction of sp³-hybridized carbons (Fsp3) is 0.690. The Morgan fingerprint density at radius 3 is 1.44 bits per heavy atom. The first-order chi connectivity index (χ1) is 16.6. The van der Waals surface area contributed by atoms with Crippen molar-refractivity contribution in [3.05, 3.63) is 12.1 Å². The molecule has 0 saturated carbocycles. The summed E-state index contributed by atoms with van der Waals surface area (Å²) in [6.45, 7) is 0.679. The highest BCUT2D eigenvalue weighted by Gasteiger charge is 2.04. The highest BCUT2D eigenvalue weighted by Crippen LogP contribution is 2.22. The number of hydrogen-bond acceptors (Lipinski definition) is 3. The molecule has 0 aliphatic carbocycles. The predicted octanol–water partition coefficient (Wildman–Crippen LogP) is 7.40. The number of hydrogen-bond donors (Lipinski definition) is 3. The Morgan fingerprint density at radius 2 is 1.00 bits per heavy atom. The molecule has 0 bridgehead atoms. The van der Waals surface area contributed by atoms with Crippen molar-refractivity contribution in [3.63, 3.8) is 0 Å². The minimum atomic E-state index is -0.693. The SMILES string of the molecule is O=C(O)CCCCCCCCC#CC#CCCCCCCCCCCCCn1c(O)ccc1O. The lowest BCUT2D eigenvalue weighted by atomic mass is 10.1. The summed E-state index contributed by atoms with van der Waals surface area (Å²) < 4.78 is 1.55. The second kappa shape index (κ2) is 21.0. The highest BCUT2D eigenvalue weighted by molar-refractivity contribution is 5.66. The predicted molar refractivity (Wildman–Crippen MR) is 139 cm³/mol. The first kappa shape index (κ1) is 29.5. The molecule has 0 spiro atoms. The molecule has 0 aromatic carbocycles. The fourth-order valence-corrected chi connectivity index (χ4v) is 3.98. The zero-order valence-electron chi connectivity index (χ0n) is 21.0. The smallest absolute Gasteiger partial charge is 0.303 e. The average Bonchev–Trinajstić information content (AvgIpc) is 3.13. The maximum absolute atomic E-state index is 10.4. The number of aromatic nitrogens is 1. The van der Waals surface area contributed by atoms with Gasteiger partial charge in [0.15, 0.2) is 11.8 Å². The molecule has 1 rings (SSSR count). The molecule has 1 aromatic rings. The molecule has 1 aromatic heterocycles.